The van der Waals surface area contributed by atoms with Crippen LogP contribution in [0.25, 0.3) is 10.2 Å². The fourth-order valence-corrected chi connectivity index (χ4v) is 4.19. The molecule has 6 heteroatoms. The third-order valence-electron chi connectivity index (χ3n) is 4.31. The Labute approximate surface area is 141 Å². The Bertz CT molecular complexity index is 719. The van der Waals surface area contributed by atoms with Crippen molar-refractivity contribution in [2.45, 2.75) is 46.5 Å². The molecule has 1 N–H and O–H groups in total. The summed E-state index contributed by atoms with van der Waals surface area (Å²) in [5.74, 6) is 1.80. The van der Waals surface area contributed by atoms with Gasteiger partial charge in [0.15, 0.2) is 0 Å². The minimum atomic E-state index is 0.0176. The molecular formula is C17H24N4OS. The maximum atomic E-state index is 12.5. The van der Waals surface area contributed by atoms with E-state index in [2.05, 4.69) is 27.1 Å². The molecule has 3 rings (SSSR count). The highest BCUT2D eigenvalue weighted by atomic mass is 32.1. The number of hydrogen-bond donors (Lipinski definition) is 1. The van der Waals surface area contributed by atoms with Crippen LogP contribution in [0.2, 0.25) is 0 Å². The summed E-state index contributed by atoms with van der Waals surface area (Å²) in [6.07, 6.45) is 4.50. The van der Waals surface area contributed by atoms with Gasteiger partial charge in [-0.25, -0.2) is 9.97 Å². The normalized spacial score (nSPS) is 14.7. The molecule has 0 bridgehead atoms. The molecule has 0 unspecified atom stereocenters. The van der Waals surface area contributed by atoms with E-state index in [-0.39, 0.29) is 5.91 Å². The SMILES string of the molecule is CCCCNC(=O)c1sc2nc(C)nc(N3CCCC3)c2c1C. The minimum Gasteiger partial charge on any atom is -0.356 e. The number of carbonyl (C=O) groups excluding carboxylic acids is 1. The number of anilines is 1. The van der Waals surface area contributed by atoms with Gasteiger partial charge in [-0.2, -0.15) is 0 Å². The third-order valence-corrected chi connectivity index (χ3v) is 5.50. The number of nitrogens with one attached hydrogen (secondary N) is 1. The highest BCUT2D eigenvalue weighted by molar-refractivity contribution is 7.20. The fourth-order valence-electron chi connectivity index (χ4n) is 3.05. The molecule has 2 aromatic heterocycles. The number of hydrogen-bond acceptors (Lipinski definition) is 5. The maximum Gasteiger partial charge on any atom is 0.261 e. The lowest BCUT2D eigenvalue weighted by molar-refractivity contribution is 0.0957. The van der Waals surface area contributed by atoms with Crippen LogP contribution in [0.1, 0.15) is 53.7 Å². The molecule has 2 aromatic rings. The molecule has 3 heterocycles. The molecule has 1 aliphatic heterocycles. The molecular weight excluding hydrogens is 308 g/mol. The van der Waals surface area contributed by atoms with Crippen LogP contribution in [0.4, 0.5) is 5.82 Å². The van der Waals surface area contributed by atoms with Crippen molar-refractivity contribution in [2.75, 3.05) is 24.5 Å². The first-order valence-corrected chi connectivity index (χ1v) is 9.24. The van der Waals surface area contributed by atoms with Gasteiger partial charge in [-0.1, -0.05) is 13.3 Å². The molecule has 0 aromatic carbocycles. The first-order valence-electron chi connectivity index (χ1n) is 8.42. The van der Waals surface area contributed by atoms with Gasteiger partial charge in [0.05, 0.1) is 10.3 Å². The number of thiophene rings is 1. The van der Waals surface area contributed by atoms with Crippen molar-refractivity contribution < 1.29 is 4.79 Å². The molecule has 1 fully saturated rings. The zero-order valence-corrected chi connectivity index (χ0v) is 14.9. The summed E-state index contributed by atoms with van der Waals surface area (Å²) in [7, 11) is 0. The van der Waals surface area contributed by atoms with Crippen LogP contribution in [0, 0.1) is 13.8 Å². The van der Waals surface area contributed by atoms with Crippen LogP contribution in [-0.4, -0.2) is 35.5 Å². The minimum absolute atomic E-state index is 0.0176. The van der Waals surface area contributed by atoms with E-state index in [4.69, 9.17) is 0 Å². The van der Waals surface area contributed by atoms with E-state index >= 15 is 0 Å². The number of unbranched alkanes of at least 4 members (excludes halogenated alkanes) is 1. The van der Waals surface area contributed by atoms with Crippen molar-refractivity contribution >= 4 is 33.3 Å². The zero-order valence-electron chi connectivity index (χ0n) is 14.1. The van der Waals surface area contributed by atoms with E-state index in [0.717, 1.165) is 64.8 Å². The molecule has 1 saturated heterocycles. The molecule has 124 valence electrons. The Hall–Kier alpha value is -1.69. The van der Waals surface area contributed by atoms with Gasteiger partial charge in [-0.3, -0.25) is 4.79 Å². The zero-order chi connectivity index (χ0) is 16.4. The van der Waals surface area contributed by atoms with Gasteiger partial charge in [-0.15, -0.1) is 11.3 Å². The Balaban J connectivity index is 2.00. The van der Waals surface area contributed by atoms with Crippen molar-refractivity contribution in [1.29, 1.82) is 0 Å². The fraction of sp³-hybridized carbons (Fsp3) is 0.588. The molecule has 0 radical (unpaired) electrons. The van der Waals surface area contributed by atoms with E-state index in [9.17, 15) is 4.79 Å². The first-order chi connectivity index (χ1) is 11.1. The third kappa shape index (κ3) is 3.17. The molecule has 1 amide bonds. The Morgan fingerprint density at radius 3 is 2.70 bits per heavy atom. The predicted octanol–water partition coefficient (Wildman–Crippen LogP) is 3.44. The summed E-state index contributed by atoms with van der Waals surface area (Å²) in [5, 5.41) is 4.07. The molecule has 1 aliphatic rings. The van der Waals surface area contributed by atoms with E-state index < -0.39 is 0 Å². The lowest BCUT2D eigenvalue weighted by atomic mass is 10.2. The van der Waals surface area contributed by atoms with E-state index in [1.165, 1.54) is 24.2 Å². The van der Waals surface area contributed by atoms with Crippen molar-refractivity contribution in [2.24, 2.45) is 0 Å². The van der Waals surface area contributed by atoms with Crippen LogP contribution in [-0.2, 0) is 0 Å². The van der Waals surface area contributed by atoms with Gasteiger partial charge < -0.3 is 10.2 Å². The standard InChI is InChI=1S/C17H24N4OS/c1-4-5-8-18-16(22)14-11(2)13-15(21-9-6-7-10-21)19-12(3)20-17(13)23-14/h4-10H2,1-3H3,(H,18,22). The molecule has 0 spiro atoms. The number of aromatic nitrogens is 2. The Kier molecular flexibility index (Phi) is 4.80. The van der Waals surface area contributed by atoms with Crippen molar-refractivity contribution in [3.8, 4) is 0 Å². The van der Waals surface area contributed by atoms with Crippen LogP contribution in [0.15, 0.2) is 0 Å². The van der Waals surface area contributed by atoms with E-state index in [0.29, 0.717) is 0 Å². The first kappa shape index (κ1) is 16.2. The lowest BCUT2D eigenvalue weighted by Crippen LogP contribution is -2.24. The second-order valence-electron chi connectivity index (χ2n) is 6.13. The Morgan fingerprint density at radius 1 is 1.26 bits per heavy atom. The average molecular weight is 332 g/mol. The summed E-state index contributed by atoms with van der Waals surface area (Å²) in [6, 6.07) is 0. The number of fused-ring (bicyclic) bond motifs is 1. The van der Waals surface area contributed by atoms with Crippen molar-refractivity contribution in [3.05, 3.63) is 16.3 Å². The second kappa shape index (κ2) is 6.83. The summed E-state index contributed by atoms with van der Waals surface area (Å²) < 4.78 is 0. The molecule has 5 nitrogen and oxygen atoms in total. The van der Waals surface area contributed by atoms with Crippen molar-refractivity contribution in [3.63, 3.8) is 0 Å². The molecule has 0 atom stereocenters. The smallest absolute Gasteiger partial charge is 0.261 e. The monoisotopic (exact) mass is 332 g/mol. The van der Waals surface area contributed by atoms with E-state index in [1.54, 1.807) is 0 Å². The van der Waals surface area contributed by atoms with E-state index in [1.807, 2.05) is 13.8 Å². The van der Waals surface area contributed by atoms with Crippen molar-refractivity contribution in [1.82, 2.24) is 15.3 Å². The summed E-state index contributed by atoms with van der Waals surface area (Å²) in [6.45, 7) is 8.88. The van der Waals surface area contributed by atoms with Crippen LogP contribution in [0.3, 0.4) is 0 Å². The van der Waals surface area contributed by atoms with Gasteiger partial charge in [0.1, 0.15) is 16.5 Å². The number of aryl methyl sites for hydroxylation is 2. The van der Waals surface area contributed by atoms with Gasteiger partial charge in [0, 0.05) is 19.6 Å². The van der Waals surface area contributed by atoms with Crippen LogP contribution >= 0.6 is 11.3 Å². The highest BCUT2D eigenvalue weighted by Crippen LogP contribution is 2.36. The largest absolute Gasteiger partial charge is 0.356 e. The highest BCUT2D eigenvalue weighted by Gasteiger charge is 2.23. The van der Waals surface area contributed by atoms with Gasteiger partial charge in [0.25, 0.3) is 5.91 Å². The number of carbonyl (C=O) groups is 1. The molecule has 0 aliphatic carbocycles. The van der Waals surface area contributed by atoms with Crippen LogP contribution < -0.4 is 10.2 Å². The molecule has 0 saturated carbocycles. The maximum absolute atomic E-state index is 12.5. The summed E-state index contributed by atoms with van der Waals surface area (Å²) in [5.41, 5.74) is 1.01. The topological polar surface area (TPSA) is 58.1 Å². The number of rotatable bonds is 5. The quantitative estimate of drug-likeness (QED) is 0.852. The molecule has 23 heavy (non-hydrogen) atoms. The lowest BCUT2D eigenvalue weighted by Gasteiger charge is -2.18. The van der Waals surface area contributed by atoms with Gasteiger partial charge in [-0.05, 0) is 38.7 Å². The average Bonchev–Trinajstić information content (AvgIpc) is 3.15. The summed E-state index contributed by atoms with van der Waals surface area (Å²) in [4.78, 5) is 25.7. The number of nitrogens with zero attached hydrogens (tertiary/aromatic N) is 3. The predicted molar refractivity (Wildman–Crippen MR) is 95.6 cm³/mol. The van der Waals surface area contributed by atoms with Crippen LogP contribution in [0.5, 0.6) is 0 Å². The summed E-state index contributed by atoms with van der Waals surface area (Å²) >= 11 is 1.49. The number of amides is 1. The van der Waals surface area contributed by atoms with Gasteiger partial charge in [0.2, 0.25) is 0 Å². The van der Waals surface area contributed by atoms with Gasteiger partial charge >= 0.3 is 0 Å². The Morgan fingerprint density at radius 2 is 2.00 bits per heavy atom. The second-order valence-corrected chi connectivity index (χ2v) is 7.13.